The van der Waals surface area contributed by atoms with Crippen LogP contribution in [0.15, 0.2) is 60.7 Å². The van der Waals surface area contributed by atoms with Crippen LogP contribution in [0.1, 0.15) is 41.6 Å². The molecule has 0 bridgehead atoms. The Morgan fingerprint density at radius 1 is 0.974 bits per heavy atom. The van der Waals surface area contributed by atoms with Crippen molar-refractivity contribution >= 4 is 5.97 Å². The maximum absolute atomic E-state index is 14.9. The number of ether oxygens (including phenoxy) is 4. The van der Waals surface area contributed by atoms with Crippen LogP contribution in [0.5, 0.6) is 23.0 Å². The molecule has 0 radical (unpaired) electrons. The third-order valence-corrected chi connectivity index (χ3v) is 7.77. The van der Waals surface area contributed by atoms with Crippen LogP contribution in [0.2, 0.25) is 0 Å². The van der Waals surface area contributed by atoms with E-state index in [9.17, 15) is 9.18 Å². The number of carbonyl (C=O) groups is 1. The summed E-state index contributed by atoms with van der Waals surface area (Å²) in [6, 6.07) is 18.1. The molecule has 0 aromatic heterocycles. The lowest BCUT2D eigenvalue weighted by Gasteiger charge is -2.26. The first-order chi connectivity index (χ1) is 19.0. The summed E-state index contributed by atoms with van der Waals surface area (Å²) in [6.07, 6.45) is 1.55. The molecule has 3 aromatic carbocycles. The molecule has 3 unspecified atom stereocenters. The third kappa shape index (κ3) is 5.87. The summed E-state index contributed by atoms with van der Waals surface area (Å²) >= 11 is 0. The van der Waals surface area contributed by atoms with Crippen LogP contribution < -0.4 is 14.2 Å². The van der Waals surface area contributed by atoms with Gasteiger partial charge in [0.2, 0.25) is 0 Å². The van der Waals surface area contributed by atoms with Crippen molar-refractivity contribution in [2.45, 2.75) is 31.3 Å². The third-order valence-electron chi connectivity index (χ3n) is 7.77. The summed E-state index contributed by atoms with van der Waals surface area (Å²) in [5.41, 5.74) is 2.36. The average Bonchev–Trinajstić information content (AvgIpc) is 3.66. The first-order valence-corrected chi connectivity index (χ1v) is 13.6. The molecule has 1 N–H and O–H groups in total. The summed E-state index contributed by atoms with van der Waals surface area (Å²) in [5.74, 6) is 1.42. The van der Waals surface area contributed by atoms with Crippen molar-refractivity contribution in [3.8, 4) is 23.0 Å². The molecule has 1 aliphatic heterocycles. The molecule has 3 atom stereocenters. The smallest absolute Gasteiger partial charge is 0.307 e. The molecule has 2 fully saturated rings. The minimum Gasteiger partial charge on any atom is -0.492 e. The number of aliphatic carboxylic acids is 1. The van der Waals surface area contributed by atoms with Crippen molar-refractivity contribution < 1.29 is 33.2 Å². The van der Waals surface area contributed by atoms with Crippen LogP contribution in [0.3, 0.4) is 0 Å². The van der Waals surface area contributed by atoms with E-state index in [1.807, 2.05) is 48.5 Å². The summed E-state index contributed by atoms with van der Waals surface area (Å²) in [7, 11) is 0. The molecule has 2 aliphatic carbocycles. The highest BCUT2D eigenvalue weighted by molar-refractivity contribution is 5.75. The molecule has 0 amide bonds. The van der Waals surface area contributed by atoms with Gasteiger partial charge < -0.3 is 24.1 Å². The van der Waals surface area contributed by atoms with Gasteiger partial charge in [0, 0.05) is 30.8 Å². The van der Waals surface area contributed by atoms with Crippen LogP contribution in [0.4, 0.5) is 4.39 Å². The molecule has 6 rings (SSSR count). The van der Waals surface area contributed by atoms with Gasteiger partial charge in [-0.1, -0.05) is 12.1 Å². The average molecular weight is 534 g/mol. The van der Waals surface area contributed by atoms with Crippen LogP contribution in [-0.4, -0.2) is 55.4 Å². The fourth-order valence-corrected chi connectivity index (χ4v) is 5.50. The van der Waals surface area contributed by atoms with Gasteiger partial charge in [0.15, 0.2) is 0 Å². The predicted octanol–water partition coefficient (Wildman–Crippen LogP) is 5.58. The molecule has 1 saturated heterocycles. The molecule has 39 heavy (non-hydrogen) atoms. The van der Waals surface area contributed by atoms with Crippen LogP contribution in [0, 0.1) is 11.7 Å². The second kappa shape index (κ2) is 11.2. The van der Waals surface area contributed by atoms with Gasteiger partial charge in [-0.2, -0.15) is 0 Å². The summed E-state index contributed by atoms with van der Waals surface area (Å²) in [4.78, 5) is 13.5. The van der Waals surface area contributed by atoms with Crippen molar-refractivity contribution in [2.24, 2.45) is 5.92 Å². The number of halogens is 1. The van der Waals surface area contributed by atoms with E-state index in [1.54, 1.807) is 6.07 Å². The highest BCUT2D eigenvalue weighted by Crippen LogP contribution is 2.48. The number of hydrogen-bond acceptors (Lipinski definition) is 6. The Hall–Kier alpha value is -3.62. The van der Waals surface area contributed by atoms with Crippen molar-refractivity contribution in [1.29, 1.82) is 0 Å². The normalized spacial score (nSPS) is 22.2. The zero-order chi connectivity index (χ0) is 26.8. The molecule has 3 aliphatic rings. The van der Waals surface area contributed by atoms with Crippen molar-refractivity contribution in [2.75, 3.05) is 39.5 Å². The molecule has 1 heterocycles. The second-order valence-electron chi connectivity index (χ2n) is 10.3. The van der Waals surface area contributed by atoms with E-state index in [1.165, 1.54) is 6.07 Å². The van der Waals surface area contributed by atoms with E-state index < -0.39 is 12.1 Å². The zero-order valence-corrected chi connectivity index (χ0v) is 21.7. The van der Waals surface area contributed by atoms with Gasteiger partial charge in [0.25, 0.3) is 0 Å². The summed E-state index contributed by atoms with van der Waals surface area (Å²) < 4.78 is 38.5. The predicted molar refractivity (Wildman–Crippen MR) is 142 cm³/mol. The summed E-state index contributed by atoms with van der Waals surface area (Å²) in [5, 5.41) is 9.17. The number of carboxylic acids is 1. The van der Waals surface area contributed by atoms with Gasteiger partial charge in [0.05, 0.1) is 19.1 Å². The number of rotatable bonds is 10. The standard InChI is InChI=1S/C31H32FNO6/c32-27-10-12-28(38-23-7-5-21(6-8-23)37-18-15-33-13-16-36-17-14-33)24-9-11-29(30(24)27)39-22-3-1-20(2-4-22)25-19-26(25)31(34)35/h1-8,10,12,25-26,29H,9,11,13-19H2,(H,34,35). The van der Waals surface area contributed by atoms with E-state index in [0.717, 1.165) is 49.7 Å². The van der Waals surface area contributed by atoms with Gasteiger partial charge in [-0.3, -0.25) is 9.69 Å². The van der Waals surface area contributed by atoms with E-state index in [4.69, 9.17) is 24.1 Å². The lowest BCUT2D eigenvalue weighted by Crippen LogP contribution is -2.38. The first-order valence-electron chi connectivity index (χ1n) is 13.6. The van der Waals surface area contributed by atoms with Crippen molar-refractivity contribution in [3.63, 3.8) is 0 Å². The highest BCUT2D eigenvalue weighted by Gasteiger charge is 2.44. The minimum atomic E-state index is -0.750. The Labute approximate surface area is 227 Å². The fourth-order valence-electron chi connectivity index (χ4n) is 5.50. The molecule has 1 saturated carbocycles. The molecule has 204 valence electrons. The van der Waals surface area contributed by atoms with Gasteiger partial charge in [0.1, 0.15) is 41.5 Å². The van der Waals surface area contributed by atoms with Crippen LogP contribution in [0.25, 0.3) is 0 Å². The topological polar surface area (TPSA) is 77.5 Å². The largest absolute Gasteiger partial charge is 0.492 e. The molecular formula is C31H32FNO6. The highest BCUT2D eigenvalue weighted by atomic mass is 19.1. The van der Waals surface area contributed by atoms with Crippen molar-refractivity contribution in [1.82, 2.24) is 4.90 Å². The lowest BCUT2D eigenvalue weighted by molar-refractivity contribution is -0.138. The SMILES string of the molecule is O=C(O)C1CC1c1ccc(OC2CCc3c(Oc4ccc(OCCN5CCOCC5)cc4)ccc(F)c32)cc1. The monoisotopic (exact) mass is 533 g/mol. The number of fused-ring (bicyclic) bond motifs is 1. The second-order valence-corrected chi connectivity index (χ2v) is 10.3. The molecule has 8 heteroatoms. The molecule has 7 nitrogen and oxygen atoms in total. The Bertz CT molecular complexity index is 1310. The Morgan fingerprint density at radius 3 is 2.41 bits per heavy atom. The first kappa shape index (κ1) is 25.6. The summed E-state index contributed by atoms with van der Waals surface area (Å²) in [6.45, 7) is 4.89. The Kier molecular flexibility index (Phi) is 7.39. The molecular weight excluding hydrogens is 501 g/mol. The molecule has 3 aromatic rings. The fraction of sp³-hybridized carbons (Fsp3) is 0.387. The van der Waals surface area contributed by atoms with E-state index in [-0.39, 0.29) is 17.7 Å². The van der Waals surface area contributed by atoms with E-state index in [0.29, 0.717) is 48.7 Å². The van der Waals surface area contributed by atoms with Gasteiger partial charge in [-0.25, -0.2) is 4.39 Å². The number of morpholine rings is 1. The maximum atomic E-state index is 14.9. The van der Waals surface area contributed by atoms with Gasteiger partial charge in [-0.15, -0.1) is 0 Å². The van der Waals surface area contributed by atoms with Gasteiger partial charge in [-0.05, 0) is 79.3 Å². The van der Waals surface area contributed by atoms with E-state index >= 15 is 0 Å². The Balaban J connectivity index is 1.07. The lowest BCUT2D eigenvalue weighted by atomic mass is 10.1. The van der Waals surface area contributed by atoms with Gasteiger partial charge >= 0.3 is 5.97 Å². The number of hydrogen-bond donors (Lipinski definition) is 1. The van der Waals surface area contributed by atoms with E-state index in [2.05, 4.69) is 4.90 Å². The minimum absolute atomic E-state index is 0.0663. The zero-order valence-electron chi connectivity index (χ0n) is 21.7. The Morgan fingerprint density at radius 2 is 1.69 bits per heavy atom. The number of nitrogens with zero attached hydrogens (tertiary/aromatic N) is 1. The number of benzene rings is 3. The van der Waals surface area contributed by atoms with Crippen LogP contribution in [-0.2, 0) is 16.0 Å². The molecule has 0 spiro atoms. The maximum Gasteiger partial charge on any atom is 0.307 e. The quantitative estimate of drug-likeness (QED) is 0.364. The van der Waals surface area contributed by atoms with Crippen LogP contribution >= 0.6 is 0 Å². The number of carboxylic acid groups (broad SMARTS) is 1. The van der Waals surface area contributed by atoms with Crippen molar-refractivity contribution in [3.05, 3.63) is 83.2 Å².